The molecule has 1 atom stereocenters. The van der Waals surface area contributed by atoms with Gasteiger partial charge in [-0.3, -0.25) is 4.79 Å². The van der Waals surface area contributed by atoms with Crippen LogP contribution in [-0.2, 0) is 16.0 Å². The Bertz CT molecular complexity index is 737. The number of carboxylic acid groups (broad SMARTS) is 1. The number of aromatic nitrogens is 1. The molecule has 1 aromatic carbocycles. The van der Waals surface area contributed by atoms with E-state index >= 15 is 0 Å². The molecule has 1 heterocycles. The molecule has 3 rings (SSSR count). The minimum atomic E-state index is -1.01. The first-order chi connectivity index (χ1) is 11.0. The van der Waals surface area contributed by atoms with Gasteiger partial charge in [-0.2, -0.15) is 0 Å². The van der Waals surface area contributed by atoms with Gasteiger partial charge in [-0.25, -0.2) is 4.79 Å². The van der Waals surface area contributed by atoms with Crippen molar-refractivity contribution in [3.63, 3.8) is 0 Å². The zero-order valence-electron chi connectivity index (χ0n) is 12.6. The fourth-order valence-corrected chi connectivity index (χ4v) is 3.62. The second-order valence-electron chi connectivity index (χ2n) is 6.14. The van der Waals surface area contributed by atoms with Crippen LogP contribution in [-0.4, -0.2) is 28.0 Å². The minimum absolute atomic E-state index is 0.166. The van der Waals surface area contributed by atoms with Crippen LogP contribution in [0.15, 0.2) is 28.9 Å². The Labute approximate surface area is 142 Å². The van der Waals surface area contributed by atoms with Gasteiger partial charge in [0.2, 0.25) is 5.91 Å². The smallest absolute Gasteiger partial charge is 0.326 e. The van der Waals surface area contributed by atoms with Gasteiger partial charge in [-0.15, -0.1) is 0 Å². The third-order valence-electron chi connectivity index (χ3n) is 4.49. The number of aromatic amines is 1. The molecule has 1 fully saturated rings. The first-order valence-corrected chi connectivity index (χ1v) is 8.60. The first kappa shape index (κ1) is 16.1. The maximum atomic E-state index is 12.0. The number of nitrogens with one attached hydrogen (secondary N) is 2. The van der Waals surface area contributed by atoms with E-state index in [1.54, 1.807) is 0 Å². The summed E-state index contributed by atoms with van der Waals surface area (Å²) < 4.78 is 0.913. The van der Waals surface area contributed by atoms with Crippen LogP contribution in [0.5, 0.6) is 0 Å². The van der Waals surface area contributed by atoms with Gasteiger partial charge in [-0.1, -0.05) is 28.4 Å². The highest BCUT2D eigenvalue weighted by atomic mass is 79.9. The first-order valence-electron chi connectivity index (χ1n) is 7.81. The standard InChI is InChI=1S/C17H19BrN2O3/c18-12-5-2-6-13-16(12)11(9-19-13)8-14(17(22)23)20-15(21)7-10-3-1-4-10/h2,5-6,9-10,14,19H,1,3-4,7-8H2,(H,20,21)(H,22,23). The lowest BCUT2D eigenvalue weighted by molar-refractivity contribution is -0.142. The van der Waals surface area contributed by atoms with Gasteiger partial charge in [0.1, 0.15) is 6.04 Å². The summed E-state index contributed by atoms with van der Waals surface area (Å²) in [5.74, 6) is -0.749. The number of hydrogen-bond acceptors (Lipinski definition) is 2. The van der Waals surface area contributed by atoms with Crippen molar-refractivity contribution in [2.45, 2.75) is 38.1 Å². The molecule has 1 amide bonds. The quantitative estimate of drug-likeness (QED) is 0.721. The number of carbonyl (C=O) groups excluding carboxylic acids is 1. The van der Waals surface area contributed by atoms with E-state index in [2.05, 4.69) is 26.2 Å². The summed E-state index contributed by atoms with van der Waals surface area (Å²) in [7, 11) is 0. The maximum Gasteiger partial charge on any atom is 0.326 e. The molecule has 0 aliphatic heterocycles. The topological polar surface area (TPSA) is 82.2 Å². The van der Waals surface area contributed by atoms with E-state index in [1.807, 2.05) is 24.4 Å². The van der Waals surface area contributed by atoms with Gasteiger partial charge in [0.15, 0.2) is 0 Å². The minimum Gasteiger partial charge on any atom is -0.480 e. The monoisotopic (exact) mass is 378 g/mol. The highest BCUT2D eigenvalue weighted by Gasteiger charge is 2.25. The van der Waals surface area contributed by atoms with E-state index in [1.165, 1.54) is 6.42 Å². The summed E-state index contributed by atoms with van der Waals surface area (Å²) in [4.78, 5) is 26.7. The molecule has 1 aliphatic rings. The van der Waals surface area contributed by atoms with E-state index in [9.17, 15) is 14.7 Å². The van der Waals surface area contributed by atoms with Crippen molar-refractivity contribution < 1.29 is 14.7 Å². The molecular formula is C17H19BrN2O3. The molecule has 2 aromatic rings. The number of carboxylic acids is 1. The average molecular weight is 379 g/mol. The second-order valence-corrected chi connectivity index (χ2v) is 6.99. The third-order valence-corrected chi connectivity index (χ3v) is 5.15. The van der Waals surface area contributed by atoms with Crippen LogP contribution < -0.4 is 5.32 Å². The Morgan fingerprint density at radius 1 is 1.39 bits per heavy atom. The van der Waals surface area contributed by atoms with Crippen LogP contribution in [0.1, 0.15) is 31.2 Å². The van der Waals surface area contributed by atoms with Crippen LogP contribution in [0.25, 0.3) is 10.9 Å². The predicted octanol–water partition coefficient (Wildman–Crippen LogP) is 3.23. The third kappa shape index (κ3) is 3.58. The lowest BCUT2D eigenvalue weighted by Crippen LogP contribution is -2.43. The van der Waals surface area contributed by atoms with Crippen molar-refractivity contribution in [2.24, 2.45) is 5.92 Å². The number of halogens is 1. The molecule has 6 heteroatoms. The Morgan fingerprint density at radius 2 is 2.17 bits per heavy atom. The molecule has 0 spiro atoms. The van der Waals surface area contributed by atoms with Gasteiger partial charge in [0, 0.05) is 34.4 Å². The number of amides is 1. The summed E-state index contributed by atoms with van der Waals surface area (Å²) in [5, 5.41) is 13.1. The van der Waals surface area contributed by atoms with E-state index in [0.717, 1.165) is 33.8 Å². The van der Waals surface area contributed by atoms with E-state index in [0.29, 0.717) is 12.3 Å². The number of benzene rings is 1. The van der Waals surface area contributed by atoms with Crippen LogP contribution in [0, 0.1) is 5.92 Å². The molecule has 0 saturated heterocycles. The highest BCUT2D eigenvalue weighted by molar-refractivity contribution is 9.10. The van der Waals surface area contributed by atoms with Gasteiger partial charge in [-0.05, 0) is 36.5 Å². The zero-order chi connectivity index (χ0) is 16.4. The molecular weight excluding hydrogens is 360 g/mol. The molecule has 1 aromatic heterocycles. The lowest BCUT2D eigenvalue weighted by atomic mass is 9.83. The van der Waals surface area contributed by atoms with Crippen LogP contribution in [0.3, 0.4) is 0 Å². The van der Waals surface area contributed by atoms with Crippen LogP contribution in [0.4, 0.5) is 0 Å². The highest BCUT2D eigenvalue weighted by Crippen LogP contribution is 2.30. The number of carbonyl (C=O) groups is 2. The van der Waals surface area contributed by atoms with Gasteiger partial charge in [0.05, 0.1) is 0 Å². The van der Waals surface area contributed by atoms with E-state index in [4.69, 9.17) is 0 Å². The molecule has 1 aliphatic carbocycles. The summed E-state index contributed by atoms with van der Waals surface area (Å²) >= 11 is 3.50. The van der Waals surface area contributed by atoms with Gasteiger partial charge < -0.3 is 15.4 Å². The van der Waals surface area contributed by atoms with Crippen molar-refractivity contribution in [1.29, 1.82) is 0 Å². The molecule has 122 valence electrons. The summed E-state index contributed by atoms with van der Waals surface area (Å²) in [5.41, 5.74) is 1.82. The summed E-state index contributed by atoms with van der Waals surface area (Å²) in [6.07, 6.45) is 5.81. The number of H-pyrrole nitrogens is 1. The molecule has 3 N–H and O–H groups in total. The number of fused-ring (bicyclic) bond motifs is 1. The molecule has 23 heavy (non-hydrogen) atoms. The SMILES string of the molecule is O=C(CC1CCC1)NC(Cc1c[nH]c2cccc(Br)c12)C(=O)O. The fourth-order valence-electron chi connectivity index (χ4n) is 3.00. The predicted molar refractivity (Wildman–Crippen MR) is 91.2 cm³/mol. The normalized spacial score (nSPS) is 16.0. The molecule has 1 unspecified atom stereocenters. The van der Waals surface area contributed by atoms with Crippen molar-refractivity contribution in [2.75, 3.05) is 0 Å². The average Bonchev–Trinajstić information content (AvgIpc) is 2.87. The fraction of sp³-hybridized carbons (Fsp3) is 0.412. The second kappa shape index (κ2) is 6.74. The molecule has 0 bridgehead atoms. The lowest BCUT2D eigenvalue weighted by Gasteiger charge is -2.25. The van der Waals surface area contributed by atoms with E-state index in [-0.39, 0.29) is 12.3 Å². The largest absolute Gasteiger partial charge is 0.480 e. The van der Waals surface area contributed by atoms with Crippen molar-refractivity contribution >= 4 is 38.7 Å². The number of rotatable bonds is 6. The summed E-state index contributed by atoms with van der Waals surface area (Å²) in [6, 6.07) is 4.87. The summed E-state index contributed by atoms with van der Waals surface area (Å²) in [6.45, 7) is 0. The van der Waals surface area contributed by atoms with Gasteiger partial charge >= 0.3 is 5.97 Å². The van der Waals surface area contributed by atoms with Gasteiger partial charge in [0.25, 0.3) is 0 Å². The zero-order valence-corrected chi connectivity index (χ0v) is 14.2. The number of hydrogen-bond donors (Lipinski definition) is 3. The number of aliphatic carboxylic acids is 1. The Hall–Kier alpha value is -1.82. The van der Waals surface area contributed by atoms with E-state index < -0.39 is 12.0 Å². The Balaban J connectivity index is 1.73. The maximum absolute atomic E-state index is 12.0. The van der Waals surface area contributed by atoms with Crippen LogP contribution >= 0.6 is 15.9 Å². The molecule has 1 saturated carbocycles. The molecule has 5 nitrogen and oxygen atoms in total. The molecule has 0 radical (unpaired) electrons. The van der Waals surface area contributed by atoms with Crippen molar-refractivity contribution in [1.82, 2.24) is 10.3 Å². The van der Waals surface area contributed by atoms with Crippen molar-refractivity contribution in [3.05, 3.63) is 34.4 Å². The Kier molecular flexibility index (Phi) is 4.71. The van der Waals surface area contributed by atoms with Crippen LogP contribution in [0.2, 0.25) is 0 Å². The Morgan fingerprint density at radius 3 is 2.83 bits per heavy atom. The van der Waals surface area contributed by atoms with Crippen molar-refractivity contribution in [3.8, 4) is 0 Å².